The molecule has 0 aromatic rings. The van der Waals surface area contributed by atoms with Crippen molar-refractivity contribution in [2.75, 3.05) is 13.7 Å². The van der Waals surface area contributed by atoms with E-state index < -0.39 is 11.4 Å². The summed E-state index contributed by atoms with van der Waals surface area (Å²) in [6, 6.07) is 0. The number of aliphatic hydroxyl groups excluding tert-OH is 1. The standard InChI is InChI=1S/C32H42O6/c1-19-20-8-9-23-30(4,21(20)16-22(33)26(19)35)13-15-32(6)24-17-29(3,27(36)38-18-25(34)37-7)11-10-28(24,2)12-14-31(23,32)5/h8-9,16,24,35H,10-15,17-18H2,1-7H3/t24-,28-,29-,30+,31-,32+/m1/s1. The quantitative estimate of drug-likeness (QED) is 0.436. The minimum absolute atomic E-state index is 0.0484. The molecule has 0 aromatic heterocycles. The van der Waals surface area contributed by atoms with Crippen molar-refractivity contribution >= 4 is 17.7 Å². The van der Waals surface area contributed by atoms with Gasteiger partial charge in [0.2, 0.25) is 5.78 Å². The van der Waals surface area contributed by atoms with E-state index in [0.717, 1.165) is 56.1 Å². The number of ether oxygens (including phenoxy) is 2. The third-order valence-corrected chi connectivity index (χ3v) is 11.9. The Kier molecular flexibility index (Phi) is 5.98. The van der Waals surface area contributed by atoms with Gasteiger partial charge >= 0.3 is 11.9 Å². The Hall–Kier alpha value is -2.63. The van der Waals surface area contributed by atoms with Crippen LogP contribution in [0, 0.1) is 33.0 Å². The summed E-state index contributed by atoms with van der Waals surface area (Å²) in [6.45, 7) is 13.0. The molecule has 6 atom stereocenters. The number of carbonyl (C=O) groups is 3. The lowest BCUT2D eigenvalue weighted by atomic mass is 9.34. The van der Waals surface area contributed by atoms with Crippen molar-refractivity contribution in [3.8, 4) is 0 Å². The Morgan fingerprint density at radius 2 is 1.68 bits per heavy atom. The number of ketones is 1. The summed E-state index contributed by atoms with van der Waals surface area (Å²) in [4.78, 5) is 37.6. The van der Waals surface area contributed by atoms with E-state index in [9.17, 15) is 19.5 Å². The fourth-order valence-electron chi connectivity index (χ4n) is 9.00. The number of esters is 2. The third-order valence-electron chi connectivity index (χ3n) is 11.9. The lowest BCUT2D eigenvalue weighted by Crippen LogP contribution is -2.62. The highest BCUT2D eigenvalue weighted by molar-refractivity contribution is 6.06. The van der Waals surface area contributed by atoms with Gasteiger partial charge in [0.05, 0.1) is 12.5 Å². The molecule has 6 heteroatoms. The van der Waals surface area contributed by atoms with Crippen LogP contribution in [-0.4, -0.2) is 36.5 Å². The van der Waals surface area contributed by atoms with E-state index in [-0.39, 0.29) is 45.8 Å². The Labute approximate surface area is 226 Å². The molecule has 5 aliphatic carbocycles. The molecular formula is C32H42O6. The fraction of sp³-hybridized carbons (Fsp3) is 0.656. The minimum Gasteiger partial charge on any atom is -0.504 e. The van der Waals surface area contributed by atoms with Crippen molar-refractivity contribution in [1.82, 2.24) is 0 Å². The van der Waals surface area contributed by atoms with Gasteiger partial charge in [0.25, 0.3) is 0 Å². The average molecular weight is 523 g/mol. The zero-order valence-electron chi connectivity index (χ0n) is 24.0. The molecule has 0 saturated heterocycles. The summed E-state index contributed by atoms with van der Waals surface area (Å²) < 4.78 is 10.1. The van der Waals surface area contributed by atoms with Gasteiger partial charge in [0, 0.05) is 11.0 Å². The predicted octanol–water partition coefficient (Wildman–Crippen LogP) is 6.33. The first kappa shape index (κ1) is 27.0. The fourth-order valence-corrected chi connectivity index (χ4v) is 9.00. The van der Waals surface area contributed by atoms with Gasteiger partial charge in [0.1, 0.15) is 0 Å². The summed E-state index contributed by atoms with van der Waals surface area (Å²) >= 11 is 0. The second-order valence-electron chi connectivity index (χ2n) is 13.8. The highest BCUT2D eigenvalue weighted by Gasteiger charge is 2.67. The number of methoxy groups -OCH3 is 1. The van der Waals surface area contributed by atoms with E-state index in [4.69, 9.17) is 4.74 Å². The molecule has 206 valence electrons. The van der Waals surface area contributed by atoms with Crippen LogP contribution in [-0.2, 0) is 23.9 Å². The Morgan fingerprint density at radius 3 is 2.37 bits per heavy atom. The molecule has 38 heavy (non-hydrogen) atoms. The van der Waals surface area contributed by atoms with Crippen LogP contribution in [0.2, 0.25) is 0 Å². The van der Waals surface area contributed by atoms with E-state index in [1.165, 1.54) is 12.7 Å². The second-order valence-corrected chi connectivity index (χ2v) is 13.8. The van der Waals surface area contributed by atoms with E-state index in [2.05, 4.69) is 44.6 Å². The van der Waals surface area contributed by atoms with Crippen LogP contribution >= 0.6 is 0 Å². The van der Waals surface area contributed by atoms with Crippen LogP contribution in [0.1, 0.15) is 86.5 Å². The molecule has 0 amide bonds. The normalized spacial score (nSPS) is 41.9. The maximum absolute atomic E-state index is 13.3. The summed E-state index contributed by atoms with van der Waals surface area (Å²) in [6.07, 6.45) is 12.5. The van der Waals surface area contributed by atoms with E-state index in [0.29, 0.717) is 11.5 Å². The number of hydrogen-bond donors (Lipinski definition) is 1. The molecule has 6 nitrogen and oxygen atoms in total. The molecule has 0 radical (unpaired) electrons. The van der Waals surface area contributed by atoms with Crippen LogP contribution in [0.15, 0.2) is 46.3 Å². The summed E-state index contributed by atoms with van der Waals surface area (Å²) in [7, 11) is 1.29. The smallest absolute Gasteiger partial charge is 0.344 e. The van der Waals surface area contributed by atoms with Gasteiger partial charge in [-0.2, -0.15) is 0 Å². The maximum atomic E-state index is 13.3. The van der Waals surface area contributed by atoms with Crippen molar-refractivity contribution < 1.29 is 29.0 Å². The molecule has 0 aromatic carbocycles. The molecule has 0 heterocycles. The molecule has 0 unspecified atom stereocenters. The van der Waals surface area contributed by atoms with Crippen LogP contribution in [0.5, 0.6) is 0 Å². The number of fused-ring (bicyclic) bond motifs is 7. The van der Waals surface area contributed by atoms with Crippen LogP contribution in [0.4, 0.5) is 0 Å². The minimum atomic E-state index is -0.647. The highest BCUT2D eigenvalue weighted by atomic mass is 16.6. The third kappa shape index (κ3) is 3.47. The first-order valence-corrected chi connectivity index (χ1v) is 14.0. The number of rotatable bonds is 3. The van der Waals surface area contributed by atoms with Crippen molar-refractivity contribution in [3.63, 3.8) is 0 Å². The molecule has 3 saturated carbocycles. The van der Waals surface area contributed by atoms with E-state index in [1.807, 2.05) is 13.8 Å². The molecular weight excluding hydrogens is 480 g/mol. The molecule has 5 aliphatic rings. The highest BCUT2D eigenvalue weighted by Crippen LogP contribution is 2.75. The van der Waals surface area contributed by atoms with Gasteiger partial charge in [0.15, 0.2) is 12.4 Å². The number of aliphatic hydroxyl groups is 1. The Bertz CT molecular complexity index is 1250. The second kappa shape index (κ2) is 8.43. The Balaban J connectivity index is 1.53. The number of carbonyl (C=O) groups excluding carboxylic acids is 3. The van der Waals surface area contributed by atoms with Gasteiger partial charge in [-0.15, -0.1) is 0 Å². The maximum Gasteiger partial charge on any atom is 0.344 e. The van der Waals surface area contributed by atoms with E-state index >= 15 is 0 Å². The van der Waals surface area contributed by atoms with Gasteiger partial charge < -0.3 is 14.6 Å². The SMILES string of the molecule is COC(=O)COC(=O)[C@]1(C)CC[C@]2(C)CC[C@]3(C)C4=CC=C5C(=CC(=O)C(O)=C5C)[C@]4(C)CC[C@@]3(C)[C@@H]2C1. The first-order chi connectivity index (χ1) is 17.7. The topological polar surface area (TPSA) is 89.9 Å². The lowest BCUT2D eigenvalue weighted by molar-refractivity contribution is -0.184. The van der Waals surface area contributed by atoms with Gasteiger partial charge in [-0.3, -0.25) is 9.59 Å². The van der Waals surface area contributed by atoms with Crippen LogP contribution < -0.4 is 0 Å². The summed E-state index contributed by atoms with van der Waals surface area (Å²) in [5.74, 6) is -1.00. The molecule has 5 rings (SSSR count). The first-order valence-electron chi connectivity index (χ1n) is 14.0. The van der Waals surface area contributed by atoms with Crippen molar-refractivity contribution in [3.05, 3.63) is 46.3 Å². The van der Waals surface area contributed by atoms with Crippen LogP contribution in [0.3, 0.4) is 0 Å². The van der Waals surface area contributed by atoms with Crippen molar-refractivity contribution in [1.29, 1.82) is 0 Å². The molecule has 1 N–H and O–H groups in total. The van der Waals surface area contributed by atoms with Crippen molar-refractivity contribution in [2.45, 2.75) is 86.5 Å². The zero-order chi connectivity index (χ0) is 27.9. The van der Waals surface area contributed by atoms with Crippen LogP contribution in [0.25, 0.3) is 0 Å². The predicted molar refractivity (Wildman–Crippen MR) is 144 cm³/mol. The average Bonchev–Trinajstić information content (AvgIpc) is 2.88. The van der Waals surface area contributed by atoms with Gasteiger partial charge in [-0.05, 0) is 98.2 Å². The lowest BCUT2D eigenvalue weighted by Gasteiger charge is -2.70. The molecule has 0 spiro atoms. The Morgan fingerprint density at radius 1 is 1.00 bits per heavy atom. The largest absolute Gasteiger partial charge is 0.504 e. The van der Waals surface area contributed by atoms with E-state index in [1.54, 1.807) is 6.08 Å². The zero-order valence-corrected chi connectivity index (χ0v) is 24.0. The molecule has 3 fully saturated rings. The number of hydrogen-bond acceptors (Lipinski definition) is 6. The molecule has 0 aliphatic heterocycles. The van der Waals surface area contributed by atoms with Crippen molar-refractivity contribution in [2.24, 2.45) is 33.0 Å². The van der Waals surface area contributed by atoms with Gasteiger partial charge in [-0.25, -0.2) is 4.79 Å². The monoisotopic (exact) mass is 522 g/mol. The molecule has 0 bridgehead atoms. The summed E-state index contributed by atoms with van der Waals surface area (Å²) in [5.41, 5.74) is 3.09. The number of allylic oxidation sites excluding steroid dienone is 7. The van der Waals surface area contributed by atoms with Gasteiger partial charge in [-0.1, -0.05) is 45.4 Å². The summed E-state index contributed by atoms with van der Waals surface area (Å²) in [5, 5.41) is 10.3.